The molecule has 0 aliphatic carbocycles. The van der Waals surface area contributed by atoms with Crippen molar-refractivity contribution in [3.63, 3.8) is 0 Å². The van der Waals surface area contributed by atoms with E-state index in [0.29, 0.717) is 18.9 Å². The summed E-state index contributed by atoms with van der Waals surface area (Å²) in [4.78, 5) is 18.2. The van der Waals surface area contributed by atoms with E-state index < -0.39 is 0 Å². The van der Waals surface area contributed by atoms with Gasteiger partial charge in [-0.1, -0.05) is 12.1 Å². The molecule has 1 saturated heterocycles. The molecule has 0 radical (unpaired) electrons. The highest BCUT2D eigenvalue weighted by Gasteiger charge is 2.22. The molecule has 0 bridgehead atoms. The van der Waals surface area contributed by atoms with Gasteiger partial charge in [0.1, 0.15) is 11.6 Å². The topological polar surface area (TPSA) is 42.4 Å². The second kappa shape index (κ2) is 8.60. The van der Waals surface area contributed by atoms with E-state index in [-0.39, 0.29) is 11.7 Å². The Labute approximate surface area is 147 Å². The molecule has 0 N–H and O–H groups in total. The van der Waals surface area contributed by atoms with Gasteiger partial charge in [-0.25, -0.2) is 4.39 Å². The van der Waals surface area contributed by atoms with Crippen LogP contribution in [0.5, 0.6) is 5.75 Å². The number of piperidine rings is 1. The van der Waals surface area contributed by atoms with Gasteiger partial charge in [-0.05, 0) is 55.0 Å². The molecular formula is C20H23FN2O2. The molecule has 2 heterocycles. The van der Waals surface area contributed by atoms with E-state index in [1.807, 2.05) is 17.0 Å². The second-order valence-corrected chi connectivity index (χ2v) is 6.45. The summed E-state index contributed by atoms with van der Waals surface area (Å²) in [5.41, 5.74) is 0.860. The van der Waals surface area contributed by atoms with Crippen LogP contribution >= 0.6 is 0 Å². The van der Waals surface area contributed by atoms with Crippen molar-refractivity contribution in [2.75, 3.05) is 19.7 Å². The highest BCUT2D eigenvalue weighted by molar-refractivity contribution is 5.78. The summed E-state index contributed by atoms with van der Waals surface area (Å²) in [5, 5.41) is 0. The van der Waals surface area contributed by atoms with Crippen molar-refractivity contribution in [2.45, 2.75) is 25.7 Å². The first-order chi connectivity index (χ1) is 12.2. The zero-order chi connectivity index (χ0) is 17.5. The molecule has 5 heteroatoms. The first-order valence-electron chi connectivity index (χ1n) is 8.76. The van der Waals surface area contributed by atoms with Gasteiger partial charge >= 0.3 is 0 Å². The molecule has 132 valence electrons. The molecule has 1 aliphatic heterocycles. The van der Waals surface area contributed by atoms with Crippen molar-refractivity contribution >= 4 is 5.91 Å². The average Bonchev–Trinajstić information content (AvgIpc) is 2.65. The van der Waals surface area contributed by atoms with Crippen molar-refractivity contribution in [3.05, 3.63) is 60.2 Å². The molecule has 25 heavy (non-hydrogen) atoms. The molecule has 0 atom stereocenters. The molecule has 1 aromatic heterocycles. The number of hydrogen-bond donors (Lipinski definition) is 0. The lowest BCUT2D eigenvalue weighted by Crippen LogP contribution is -2.39. The molecule has 1 fully saturated rings. The van der Waals surface area contributed by atoms with Gasteiger partial charge in [-0.2, -0.15) is 0 Å². The lowest BCUT2D eigenvalue weighted by atomic mass is 9.93. The normalized spacial score (nSPS) is 15.2. The van der Waals surface area contributed by atoms with Crippen molar-refractivity contribution < 1.29 is 13.9 Å². The van der Waals surface area contributed by atoms with Crippen molar-refractivity contribution in [3.8, 4) is 5.75 Å². The molecular weight excluding hydrogens is 319 g/mol. The van der Waals surface area contributed by atoms with Gasteiger partial charge in [0, 0.05) is 25.5 Å². The van der Waals surface area contributed by atoms with Gasteiger partial charge in [0.05, 0.1) is 13.0 Å². The summed E-state index contributed by atoms with van der Waals surface area (Å²) in [7, 11) is 0. The number of likely N-dealkylation sites (tertiary alicyclic amines) is 1. The summed E-state index contributed by atoms with van der Waals surface area (Å²) in [6.07, 6.45) is 6.81. The minimum Gasteiger partial charge on any atom is -0.493 e. The van der Waals surface area contributed by atoms with Crippen LogP contribution in [0.15, 0.2) is 48.8 Å². The van der Waals surface area contributed by atoms with Gasteiger partial charge in [0.2, 0.25) is 5.91 Å². The predicted octanol–water partition coefficient (Wildman–Crippen LogP) is 3.47. The van der Waals surface area contributed by atoms with Gasteiger partial charge < -0.3 is 9.64 Å². The fraction of sp³-hybridized carbons (Fsp3) is 0.400. The number of rotatable bonds is 6. The van der Waals surface area contributed by atoms with Crippen LogP contribution in [0, 0.1) is 11.7 Å². The van der Waals surface area contributed by atoms with E-state index in [1.165, 1.54) is 12.1 Å². The van der Waals surface area contributed by atoms with Crippen molar-refractivity contribution in [1.29, 1.82) is 0 Å². The maximum atomic E-state index is 12.9. The van der Waals surface area contributed by atoms with Crippen LogP contribution in [-0.4, -0.2) is 35.5 Å². The SMILES string of the molecule is O=C(Cc1ccc(F)cc1)N1CCC(CCOc2ccncc2)CC1. The first kappa shape index (κ1) is 17.4. The van der Waals surface area contributed by atoms with Gasteiger partial charge in [-0.15, -0.1) is 0 Å². The number of carbonyl (C=O) groups is 1. The Balaban J connectivity index is 1.37. The summed E-state index contributed by atoms with van der Waals surface area (Å²) in [6, 6.07) is 9.87. The Kier molecular flexibility index (Phi) is 5.99. The third-order valence-corrected chi connectivity index (χ3v) is 4.68. The molecule has 2 aromatic rings. The maximum Gasteiger partial charge on any atom is 0.226 e. The van der Waals surface area contributed by atoms with E-state index in [4.69, 9.17) is 4.74 Å². The van der Waals surface area contributed by atoms with Gasteiger partial charge in [0.15, 0.2) is 0 Å². The summed E-state index contributed by atoms with van der Waals surface area (Å²) in [5.74, 6) is 1.29. The number of carbonyl (C=O) groups excluding carboxylic acids is 1. The molecule has 0 saturated carbocycles. The average molecular weight is 342 g/mol. The number of halogens is 1. The van der Waals surface area contributed by atoms with Gasteiger partial charge in [-0.3, -0.25) is 9.78 Å². The Hall–Kier alpha value is -2.43. The van der Waals surface area contributed by atoms with Crippen molar-refractivity contribution in [2.24, 2.45) is 5.92 Å². The Morgan fingerprint density at radius 3 is 2.48 bits per heavy atom. The molecule has 1 aromatic carbocycles. The van der Waals surface area contributed by atoms with Crippen LogP contribution in [0.4, 0.5) is 4.39 Å². The lowest BCUT2D eigenvalue weighted by molar-refractivity contribution is -0.131. The largest absolute Gasteiger partial charge is 0.493 e. The zero-order valence-electron chi connectivity index (χ0n) is 14.2. The van der Waals surface area contributed by atoms with E-state index >= 15 is 0 Å². The highest BCUT2D eigenvalue weighted by atomic mass is 19.1. The smallest absolute Gasteiger partial charge is 0.226 e. The Bertz CT molecular complexity index is 668. The number of nitrogens with zero attached hydrogens (tertiary/aromatic N) is 2. The maximum absolute atomic E-state index is 12.9. The Morgan fingerprint density at radius 1 is 1.12 bits per heavy atom. The summed E-state index contributed by atoms with van der Waals surface area (Å²) >= 11 is 0. The van der Waals surface area contributed by atoms with Crippen LogP contribution < -0.4 is 4.74 Å². The molecule has 3 rings (SSSR count). The van der Waals surface area contributed by atoms with Crippen LogP contribution in [0.25, 0.3) is 0 Å². The van der Waals surface area contributed by atoms with Crippen LogP contribution in [-0.2, 0) is 11.2 Å². The monoisotopic (exact) mass is 342 g/mol. The quantitative estimate of drug-likeness (QED) is 0.807. The number of hydrogen-bond acceptors (Lipinski definition) is 3. The number of ether oxygens (including phenoxy) is 1. The molecule has 1 aliphatic rings. The fourth-order valence-corrected chi connectivity index (χ4v) is 3.14. The lowest BCUT2D eigenvalue weighted by Gasteiger charge is -2.32. The number of amides is 1. The number of benzene rings is 1. The summed E-state index contributed by atoms with van der Waals surface area (Å²) in [6.45, 7) is 2.28. The minimum atomic E-state index is -0.272. The number of pyridine rings is 1. The minimum absolute atomic E-state index is 0.123. The standard InChI is InChI=1S/C20H23FN2O2/c21-18-3-1-17(2-4-18)15-20(24)23-12-7-16(8-13-23)9-14-25-19-5-10-22-11-6-19/h1-6,10-11,16H,7-9,12-15H2. The first-order valence-corrected chi connectivity index (χ1v) is 8.76. The van der Waals surface area contributed by atoms with E-state index in [1.54, 1.807) is 24.5 Å². The second-order valence-electron chi connectivity index (χ2n) is 6.45. The summed E-state index contributed by atoms with van der Waals surface area (Å²) < 4.78 is 18.6. The van der Waals surface area contributed by atoms with E-state index in [9.17, 15) is 9.18 Å². The predicted molar refractivity (Wildman–Crippen MR) is 93.8 cm³/mol. The highest BCUT2D eigenvalue weighted by Crippen LogP contribution is 2.22. The third kappa shape index (κ3) is 5.28. The third-order valence-electron chi connectivity index (χ3n) is 4.68. The Morgan fingerprint density at radius 2 is 1.80 bits per heavy atom. The van der Waals surface area contributed by atoms with Crippen LogP contribution in [0.2, 0.25) is 0 Å². The molecule has 4 nitrogen and oxygen atoms in total. The fourth-order valence-electron chi connectivity index (χ4n) is 3.14. The van der Waals surface area contributed by atoms with E-state index in [2.05, 4.69) is 4.98 Å². The van der Waals surface area contributed by atoms with Gasteiger partial charge in [0.25, 0.3) is 0 Å². The number of aromatic nitrogens is 1. The zero-order valence-corrected chi connectivity index (χ0v) is 14.2. The molecule has 1 amide bonds. The molecule has 0 unspecified atom stereocenters. The van der Waals surface area contributed by atoms with E-state index in [0.717, 1.165) is 43.7 Å². The van der Waals surface area contributed by atoms with Crippen LogP contribution in [0.3, 0.4) is 0 Å². The molecule has 0 spiro atoms. The van der Waals surface area contributed by atoms with Crippen LogP contribution in [0.1, 0.15) is 24.8 Å². The van der Waals surface area contributed by atoms with Crippen molar-refractivity contribution in [1.82, 2.24) is 9.88 Å².